The van der Waals surface area contributed by atoms with Crippen molar-refractivity contribution in [1.82, 2.24) is 10.6 Å². The Morgan fingerprint density at radius 1 is 1.00 bits per heavy atom. The third-order valence-electron chi connectivity index (χ3n) is 6.69. The summed E-state index contributed by atoms with van der Waals surface area (Å²) in [4.78, 5) is 30.1. The molecule has 6 nitrogen and oxygen atoms in total. The van der Waals surface area contributed by atoms with Crippen LogP contribution in [0.5, 0.6) is 0 Å². The van der Waals surface area contributed by atoms with Crippen LogP contribution in [0.4, 0.5) is 13.2 Å². The molecule has 5 rings (SSSR count). The summed E-state index contributed by atoms with van der Waals surface area (Å²) in [6.07, 6.45) is -3.26. The minimum absolute atomic E-state index is 0.0372. The number of nitrogens with one attached hydrogen (secondary N) is 2. The molecule has 0 saturated heterocycles. The fourth-order valence-corrected chi connectivity index (χ4v) is 5.01. The van der Waals surface area contributed by atoms with E-state index in [0.717, 1.165) is 25.0 Å². The van der Waals surface area contributed by atoms with Crippen molar-refractivity contribution in [2.45, 2.75) is 31.0 Å². The monoisotopic (exact) mass is 563 g/mol. The van der Waals surface area contributed by atoms with Gasteiger partial charge < -0.3 is 15.5 Å². The first-order chi connectivity index (χ1) is 18.1. The number of nitrogens with zero attached hydrogens (tertiary/aromatic N) is 1. The molecule has 2 aliphatic rings. The molecule has 198 valence electrons. The minimum atomic E-state index is -4.83. The van der Waals surface area contributed by atoms with Gasteiger partial charge in [0.15, 0.2) is 0 Å². The molecule has 0 spiro atoms. The maximum atomic E-state index is 14.4. The van der Waals surface area contributed by atoms with Gasteiger partial charge in [0.25, 0.3) is 11.5 Å². The van der Waals surface area contributed by atoms with Crippen LogP contribution in [-0.4, -0.2) is 36.8 Å². The molecule has 0 radical (unpaired) electrons. The Morgan fingerprint density at radius 3 is 2.34 bits per heavy atom. The number of halogens is 5. The molecule has 3 aromatic rings. The Bertz CT molecular complexity index is 1440. The van der Waals surface area contributed by atoms with E-state index in [-0.39, 0.29) is 39.3 Å². The van der Waals surface area contributed by atoms with E-state index in [9.17, 15) is 22.8 Å². The zero-order chi connectivity index (χ0) is 27.1. The predicted octanol–water partition coefficient (Wildman–Crippen LogP) is 5.98. The first kappa shape index (κ1) is 26.3. The second kappa shape index (κ2) is 10.1. The number of carbonyl (C=O) groups excluding carboxylic acids is 2. The fourth-order valence-electron chi connectivity index (χ4n) is 4.48. The molecule has 1 aliphatic heterocycles. The molecule has 2 N–H and O–H groups in total. The van der Waals surface area contributed by atoms with Gasteiger partial charge in [0.1, 0.15) is 0 Å². The molecule has 3 aromatic carbocycles. The molecule has 1 unspecified atom stereocenters. The Labute approximate surface area is 226 Å². The van der Waals surface area contributed by atoms with Crippen molar-refractivity contribution >= 4 is 51.5 Å². The summed E-state index contributed by atoms with van der Waals surface area (Å²) in [7, 11) is 0. The Hall–Kier alpha value is -3.30. The summed E-state index contributed by atoms with van der Waals surface area (Å²) in [5, 5.41) is 10.3. The lowest BCUT2D eigenvalue weighted by Crippen LogP contribution is -2.42. The van der Waals surface area contributed by atoms with Gasteiger partial charge in [0, 0.05) is 39.7 Å². The van der Waals surface area contributed by atoms with E-state index < -0.39 is 24.1 Å². The highest BCUT2D eigenvalue weighted by atomic mass is 35.5. The molecule has 0 bridgehead atoms. The zero-order valence-electron chi connectivity index (χ0n) is 19.9. The lowest BCUT2D eigenvalue weighted by molar-refractivity contribution is -0.275. The van der Waals surface area contributed by atoms with Gasteiger partial charge in [0.05, 0.1) is 12.3 Å². The maximum absolute atomic E-state index is 14.4. The number of hydrogen-bond donors (Lipinski definition) is 2. The number of benzene rings is 3. The van der Waals surface area contributed by atoms with Gasteiger partial charge in [0.2, 0.25) is 5.91 Å². The Kier molecular flexibility index (Phi) is 7.00. The van der Waals surface area contributed by atoms with Crippen LogP contribution in [0.25, 0.3) is 10.8 Å². The molecule has 1 fully saturated rings. The standard InChI is InChI=1S/C27H22Cl2F3N3O3/c28-17-9-16(10-18(29)11-17)26(27(30,31)32)12-23(35-38-26)21-7-8-22(20-4-2-1-3-19(20)21)25(37)34-14-24(36)33-13-15-5-6-15/h1-4,7-11,15H,5-6,12-14H2,(H,33,36)(H,34,37). The predicted molar refractivity (Wildman–Crippen MR) is 138 cm³/mol. The second-order valence-corrected chi connectivity index (χ2v) is 10.3. The highest BCUT2D eigenvalue weighted by Crippen LogP contribution is 2.50. The largest absolute Gasteiger partial charge is 0.435 e. The maximum Gasteiger partial charge on any atom is 0.435 e. The van der Waals surface area contributed by atoms with Crippen molar-refractivity contribution in [2.75, 3.05) is 13.1 Å². The molecule has 2 amide bonds. The van der Waals surface area contributed by atoms with Gasteiger partial charge in [-0.05, 0) is 53.8 Å². The number of alkyl halides is 3. The number of carbonyl (C=O) groups is 2. The molecule has 1 heterocycles. The van der Waals surface area contributed by atoms with E-state index >= 15 is 0 Å². The molecule has 1 saturated carbocycles. The molecule has 11 heteroatoms. The van der Waals surface area contributed by atoms with Crippen molar-refractivity contribution < 1.29 is 27.6 Å². The lowest BCUT2D eigenvalue weighted by atomic mass is 9.85. The smallest absolute Gasteiger partial charge is 0.374 e. The van der Waals surface area contributed by atoms with Crippen LogP contribution in [0.2, 0.25) is 10.0 Å². The number of oxime groups is 1. The number of rotatable bonds is 7. The summed E-state index contributed by atoms with van der Waals surface area (Å²) in [6, 6.07) is 13.5. The van der Waals surface area contributed by atoms with Gasteiger partial charge in [-0.15, -0.1) is 0 Å². The Morgan fingerprint density at radius 2 is 1.68 bits per heavy atom. The van der Waals surface area contributed by atoms with Gasteiger partial charge in [-0.2, -0.15) is 13.2 Å². The first-order valence-electron chi connectivity index (χ1n) is 11.9. The van der Waals surface area contributed by atoms with Crippen LogP contribution in [0.15, 0.2) is 59.8 Å². The van der Waals surface area contributed by atoms with Crippen LogP contribution in [0.3, 0.4) is 0 Å². The normalized spacial score (nSPS) is 19.1. The van der Waals surface area contributed by atoms with E-state index in [1.807, 2.05) is 0 Å². The second-order valence-electron chi connectivity index (χ2n) is 9.43. The van der Waals surface area contributed by atoms with Gasteiger partial charge in [-0.1, -0.05) is 58.7 Å². The average Bonchev–Trinajstić information content (AvgIpc) is 3.59. The highest BCUT2D eigenvalue weighted by Gasteiger charge is 2.62. The average molecular weight is 564 g/mol. The topological polar surface area (TPSA) is 79.8 Å². The van der Waals surface area contributed by atoms with Crippen LogP contribution < -0.4 is 10.6 Å². The fraction of sp³-hybridized carbons (Fsp3) is 0.296. The number of hydrogen-bond acceptors (Lipinski definition) is 4. The number of fused-ring (bicyclic) bond motifs is 1. The van der Waals surface area contributed by atoms with Gasteiger partial charge >= 0.3 is 6.18 Å². The van der Waals surface area contributed by atoms with Crippen molar-refractivity contribution in [3.05, 3.63) is 81.3 Å². The van der Waals surface area contributed by atoms with E-state index in [1.165, 1.54) is 18.2 Å². The van der Waals surface area contributed by atoms with E-state index in [2.05, 4.69) is 15.8 Å². The molecular formula is C27H22Cl2F3N3O3. The third-order valence-corrected chi connectivity index (χ3v) is 7.13. The summed E-state index contributed by atoms with van der Waals surface area (Å²) < 4.78 is 43.3. The zero-order valence-corrected chi connectivity index (χ0v) is 21.4. The summed E-state index contributed by atoms with van der Waals surface area (Å²) in [5.41, 5.74) is -2.31. The van der Waals surface area contributed by atoms with Crippen LogP contribution in [0, 0.1) is 5.92 Å². The minimum Gasteiger partial charge on any atom is -0.374 e. The molecule has 1 atom stereocenters. The van der Waals surface area contributed by atoms with E-state index in [1.54, 1.807) is 24.3 Å². The molecule has 38 heavy (non-hydrogen) atoms. The first-order valence-corrected chi connectivity index (χ1v) is 12.7. The van der Waals surface area contributed by atoms with Crippen LogP contribution >= 0.6 is 23.2 Å². The van der Waals surface area contributed by atoms with Gasteiger partial charge in [-0.3, -0.25) is 9.59 Å². The van der Waals surface area contributed by atoms with Crippen molar-refractivity contribution in [1.29, 1.82) is 0 Å². The quantitative estimate of drug-likeness (QED) is 0.371. The summed E-state index contributed by atoms with van der Waals surface area (Å²) >= 11 is 12.0. The third kappa shape index (κ3) is 5.17. The highest BCUT2D eigenvalue weighted by molar-refractivity contribution is 6.34. The number of amides is 2. The van der Waals surface area contributed by atoms with Crippen molar-refractivity contribution in [3.8, 4) is 0 Å². The van der Waals surface area contributed by atoms with Crippen LogP contribution in [-0.2, 0) is 15.2 Å². The van der Waals surface area contributed by atoms with E-state index in [0.29, 0.717) is 28.8 Å². The van der Waals surface area contributed by atoms with Crippen molar-refractivity contribution in [3.63, 3.8) is 0 Å². The summed E-state index contributed by atoms with van der Waals surface area (Å²) in [5.74, 6) is -0.244. The molecule has 0 aromatic heterocycles. The molecule has 1 aliphatic carbocycles. The van der Waals surface area contributed by atoms with E-state index in [4.69, 9.17) is 28.0 Å². The lowest BCUT2D eigenvalue weighted by Gasteiger charge is -2.29. The van der Waals surface area contributed by atoms with Crippen LogP contribution in [0.1, 0.15) is 40.7 Å². The SMILES string of the molecule is O=C(CNC(=O)c1ccc(C2=NOC(c3cc(Cl)cc(Cl)c3)(C(F)(F)F)C2)c2ccccc12)NCC1CC1. The Balaban J connectivity index is 1.42. The van der Waals surface area contributed by atoms with Crippen molar-refractivity contribution in [2.24, 2.45) is 11.1 Å². The molecular weight excluding hydrogens is 542 g/mol. The summed E-state index contributed by atoms with van der Waals surface area (Å²) in [6.45, 7) is 0.413. The van der Waals surface area contributed by atoms with Gasteiger partial charge in [-0.25, -0.2) is 0 Å².